The summed E-state index contributed by atoms with van der Waals surface area (Å²) in [4.78, 5) is 8.22. The van der Waals surface area contributed by atoms with Gasteiger partial charge in [-0.05, 0) is 13.8 Å². The van der Waals surface area contributed by atoms with E-state index in [0.717, 1.165) is 23.4 Å². The molecule has 78 valence electrons. The molecular formula is C10H13N5. The monoisotopic (exact) mass is 203 g/mol. The molecule has 0 aliphatic carbocycles. The van der Waals surface area contributed by atoms with E-state index in [0.29, 0.717) is 0 Å². The summed E-state index contributed by atoms with van der Waals surface area (Å²) < 4.78 is 0. The van der Waals surface area contributed by atoms with Crippen LogP contribution in [0.5, 0.6) is 0 Å². The van der Waals surface area contributed by atoms with E-state index in [4.69, 9.17) is 0 Å². The zero-order valence-electron chi connectivity index (χ0n) is 8.78. The van der Waals surface area contributed by atoms with Crippen LogP contribution in [0.3, 0.4) is 0 Å². The lowest BCUT2D eigenvalue weighted by atomic mass is 10.3. The smallest absolute Gasteiger partial charge is 0.160 e. The van der Waals surface area contributed by atoms with Crippen molar-refractivity contribution in [1.82, 2.24) is 20.2 Å². The van der Waals surface area contributed by atoms with Crippen LogP contribution in [-0.2, 0) is 0 Å². The largest absolute Gasteiger partial charge is 0.366 e. The van der Waals surface area contributed by atoms with Crippen molar-refractivity contribution in [2.45, 2.75) is 13.8 Å². The second-order valence-electron chi connectivity index (χ2n) is 3.52. The van der Waals surface area contributed by atoms with Gasteiger partial charge in [-0.1, -0.05) is 11.6 Å². The van der Waals surface area contributed by atoms with Crippen molar-refractivity contribution in [3.8, 4) is 0 Å². The van der Waals surface area contributed by atoms with Crippen LogP contribution in [0.4, 0.5) is 5.82 Å². The summed E-state index contributed by atoms with van der Waals surface area (Å²) in [7, 11) is 0. The van der Waals surface area contributed by atoms with Crippen molar-refractivity contribution in [3.05, 3.63) is 24.2 Å². The molecule has 0 atom stereocenters. The molecule has 2 rings (SSSR count). The lowest BCUT2D eigenvalue weighted by molar-refractivity contribution is 1.09. The molecule has 2 heterocycles. The van der Waals surface area contributed by atoms with Crippen molar-refractivity contribution >= 4 is 16.9 Å². The normalized spacial score (nSPS) is 10.3. The van der Waals surface area contributed by atoms with Gasteiger partial charge in [0.2, 0.25) is 0 Å². The topological polar surface area (TPSA) is 66.5 Å². The molecule has 0 unspecified atom stereocenters. The average molecular weight is 203 g/mol. The summed E-state index contributed by atoms with van der Waals surface area (Å²) in [6, 6.07) is 0. The van der Waals surface area contributed by atoms with Gasteiger partial charge in [0.25, 0.3) is 0 Å². The van der Waals surface area contributed by atoms with Gasteiger partial charge in [0, 0.05) is 6.54 Å². The minimum atomic E-state index is 0.754. The van der Waals surface area contributed by atoms with Gasteiger partial charge in [0.05, 0.1) is 11.6 Å². The molecule has 0 aliphatic rings. The van der Waals surface area contributed by atoms with E-state index in [1.54, 1.807) is 6.20 Å². The van der Waals surface area contributed by atoms with Crippen LogP contribution >= 0.6 is 0 Å². The fourth-order valence-corrected chi connectivity index (χ4v) is 1.26. The van der Waals surface area contributed by atoms with Gasteiger partial charge >= 0.3 is 0 Å². The number of rotatable bonds is 3. The Hall–Kier alpha value is -1.91. The minimum Gasteiger partial charge on any atom is -0.366 e. The third-order valence-corrected chi connectivity index (χ3v) is 2.03. The molecule has 5 heteroatoms. The van der Waals surface area contributed by atoms with Gasteiger partial charge in [0.15, 0.2) is 5.65 Å². The standard InChI is InChI=1S/C10H13N5/c1-7(2)3-4-11-9-8-5-14-15-10(8)13-6-12-9/h3,5-6H,4H2,1-2H3,(H2,11,12,13,14,15). The number of anilines is 1. The quantitative estimate of drug-likeness (QED) is 0.745. The molecule has 15 heavy (non-hydrogen) atoms. The SMILES string of the molecule is CC(C)=CCNc1ncnc2[nH]ncc12. The van der Waals surface area contributed by atoms with Crippen molar-refractivity contribution < 1.29 is 0 Å². The highest BCUT2D eigenvalue weighted by molar-refractivity contribution is 5.85. The lowest BCUT2D eigenvalue weighted by Gasteiger charge is -2.02. The number of fused-ring (bicyclic) bond motifs is 1. The Labute approximate surface area is 87.6 Å². The van der Waals surface area contributed by atoms with Crippen molar-refractivity contribution in [2.75, 3.05) is 11.9 Å². The van der Waals surface area contributed by atoms with Gasteiger partial charge < -0.3 is 5.32 Å². The summed E-state index contributed by atoms with van der Waals surface area (Å²) in [5.74, 6) is 0.811. The summed E-state index contributed by atoms with van der Waals surface area (Å²) in [5.41, 5.74) is 2.03. The summed E-state index contributed by atoms with van der Waals surface area (Å²) in [6.45, 7) is 4.89. The molecule has 5 nitrogen and oxygen atoms in total. The molecule has 0 amide bonds. The molecule has 0 saturated heterocycles. The third-order valence-electron chi connectivity index (χ3n) is 2.03. The Balaban J connectivity index is 2.20. The zero-order chi connectivity index (χ0) is 10.7. The molecule has 2 aromatic heterocycles. The molecular weight excluding hydrogens is 190 g/mol. The van der Waals surface area contributed by atoms with Gasteiger partial charge in [-0.15, -0.1) is 0 Å². The predicted molar refractivity (Wildman–Crippen MR) is 59.6 cm³/mol. The van der Waals surface area contributed by atoms with Crippen LogP contribution in [0.25, 0.3) is 11.0 Å². The first-order valence-electron chi connectivity index (χ1n) is 4.78. The maximum atomic E-state index is 4.16. The number of H-pyrrole nitrogens is 1. The van der Waals surface area contributed by atoms with E-state index in [2.05, 4.69) is 45.4 Å². The number of allylic oxidation sites excluding steroid dienone is 1. The highest BCUT2D eigenvalue weighted by Gasteiger charge is 2.02. The fourth-order valence-electron chi connectivity index (χ4n) is 1.26. The first kappa shape index (κ1) is 9.64. The van der Waals surface area contributed by atoms with Crippen molar-refractivity contribution in [2.24, 2.45) is 0 Å². The van der Waals surface area contributed by atoms with Gasteiger partial charge in [-0.3, -0.25) is 5.10 Å². The average Bonchev–Trinajstić information content (AvgIpc) is 2.65. The predicted octanol–water partition coefficient (Wildman–Crippen LogP) is 1.73. The lowest BCUT2D eigenvalue weighted by Crippen LogP contribution is -2.01. The third kappa shape index (κ3) is 2.12. The van der Waals surface area contributed by atoms with Crippen LogP contribution in [0, 0.1) is 0 Å². The van der Waals surface area contributed by atoms with Crippen LogP contribution in [0.15, 0.2) is 24.2 Å². The maximum Gasteiger partial charge on any atom is 0.160 e. The van der Waals surface area contributed by atoms with Gasteiger partial charge in [-0.25, -0.2) is 9.97 Å². The Morgan fingerprint density at radius 3 is 3.13 bits per heavy atom. The zero-order valence-corrected chi connectivity index (χ0v) is 8.78. The highest BCUT2D eigenvalue weighted by atomic mass is 15.2. The van der Waals surface area contributed by atoms with Gasteiger partial charge in [0.1, 0.15) is 12.1 Å². The minimum absolute atomic E-state index is 0.754. The van der Waals surface area contributed by atoms with E-state index < -0.39 is 0 Å². The van der Waals surface area contributed by atoms with Crippen molar-refractivity contribution in [1.29, 1.82) is 0 Å². The van der Waals surface area contributed by atoms with Gasteiger partial charge in [-0.2, -0.15) is 5.10 Å². The van der Waals surface area contributed by atoms with E-state index in [-0.39, 0.29) is 0 Å². The number of nitrogens with one attached hydrogen (secondary N) is 2. The molecule has 0 spiro atoms. The number of aromatic nitrogens is 4. The second-order valence-corrected chi connectivity index (χ2v) is 3.52. The number of hydrogen-bond acceptors (Lipinski definition) is 4. The number of hydrogen-bond donors (Lipinski definition) is 2. The van der Waals surface area contributed by atoms with Crippen LogP contribution < -0.4 is 5.32 Å². The van der Waals surface area contributed by atoms with Crippen LogP contribution in [0.2, 0.25) is 0 Å². The molecule has 2 N–H and O–H groups in total. The van der Waals surface area contributed by atoms with Crippen LogP contribution in [0.1, 0.15) is 13.8 Å². The Kier molecular flexibility index (Phi) is 2.62. The maximum absolute atomic E-state index is 4.16. The van der Waals surface area contributed by atoms with E-state index in [1.807, 2.05) is 0 Å². The number of aromatic amines is 1. The molecule has 0 radical (unpaired) electrons. The summed E-state index contributed by atoms with van der Waals surface area (Å²) in [6.07, 6.45) is 5.35. The van der Waals surface area contributed by atoms with E-state index in [9.17, 15) is 0 Å². The first-order valence-corrected chi connectivity index (χ1v) is 4.78. The highest BCUT2D eigenvalue weighted by Crippen LogP contribution is 2.15. The van der Waals surface area contributed by atoms with E-state index >= 15 is 0 Å². The Morgan fingerprint density at radius 2 is 2.33 bits per heavy atom. The summed E-state index contributed by atoms with van der Waals surface area (Å²) >= 11 is 0. The molecule has 0 bridgehead atoms. The molecule has 0 aliphatic heterocycles. The first-order chi connectivity index (χ1) is 7.27. The molecule has 2 aromatic rings. The Morgan fingerprint density at radius 1 is 1.47 bits per heavy atom. The molecule has 0 fully saturated rings. The Bertz CT molecular complexity index is 481. The van der Waals surface area contributed by atoms with E-state index in [1.165, 1.54) is 11.9 Å². The fraction of sp³-hybridized carbons (Fsp3) is 0.300. The molecule has 0 aromatic carbocycles. The van der Waals surface area contributed by atoms with Crippen molar-refractivity contribution in [3.63, 3.8) is 0 Å². The van der Waals surface area contributed by atoms with Crippen LogP contribution in [-0.4, -0.2) is 26.7 Å². The molecule has 0 saturated carbocycles. The number of nitrogens with zero attached hydrogens (tertiary/aromatic N) is 3. The second kappa shape index (κ2) is 4.08. The summed E-state index contributed by atoms with van der Waals surface area (Å²) in [5, 5.41) is 10.9.